The lowest BCUT2D eigenvalue weighted by molar-refractivity contribution is 0.0550. The van der Waals surface area contributed by atoms with Gasteiger partial charge in [0.2, 0.25) is 0 Å². The van der Waals surface area contributed by atoms with Gasteiger partial charge in [0.15, 0.2) is 5.75 Å². The third-order valence-corrected chi connectivity index (χ3v) is 5.24. The summed E-state index contributed by atoms with van der Waals surface area (Å²) >= 11 is 0. The van der Waals surface area contributed by atoms with E-state index in [0.29, 0.717) is 24.1 Å². The van der Waals surface area contributed by atoms with E-state index >= 15 is 0 Å². The minimum atomic E-state index is -0.842. The molecule has 0 aliphatic carbocycles. The van der Waals surface area contributed by atoms with Crippen molar-refractivity contribution in [2.24, 2.45) is 0 Å². The molecule has 0 saturated heterocycles. The molecule has 0 aliphatic heterocycles. The molecule has 1 heterocycles. The van der Waals surface area contributed by atoms with Crippen LogP contribution in [0.4, 0.5) is 0 Å². The summed E-state index contributed by atoms with van der Waals surface area (Å²) in [6.07, 6.45) is 0.875. The zero-order valence-corrected chi connectivity index (χ0v) is 18.5. The molecule has 1 aromatic heterocycles. The maximum atomic E-state index is 12.6. The van der Waals surface area contributed by atoms with E-state index in [1.165, 1.54) is 14.2 Å². The number of benzene rings is 2. The first-order valence-electron chi connectivity index (χ1n) is 10.0. The minimum Gasteiger partial charge on any atom is -0.505 e. The molecular formula is C25H25NO6. The molecule has 32 heavy (non-hydrogen) atoms. The van der Waals surface area contributed by atoms with Gasteiger partial charge in [-0.15, -0.1) is 0 Å². The first-order chi connectivity index (χ1) is 15.4. The van der Waals surface area contributed by atoms with E-state index in [1.54, 1.807) is 13.2 Å². The summed E-state index contributed by atoms with van der Waals surface area (Å²) in [4.78, 5) is 29.9. The van der Waals surface area contributed by atoms with Crippen molar-refractivity contribution in [3.63, 3.8) is 0 Å². The van der Waals surface area contributed by atoms with E-state index in [2.05, 4.69) is 4.98 Å². The van der Waals surface area contributed by atoms with Crippen LogP contribution in [0, 0.1) is 6.92 Å². The number of aryl methyl sites for hydroxylation is 3. The lowest BCUT2D eigenvalue weighted by Gasteiger charge is -2.17. The number of ether oxygens (including phenoxy) is 3. The number of aromatic nitrogens is 1. The summed E-state index contributed by atoms with van der Waals surface area (Å²) in [5, 5.41) is 11.0. The molecule has 1 N–H and O–H groups in total. The van der Waals surface area contributed by atoms with Gasteiger partial charge in [-0.1, -0.05) is 36.4 Å². The smallest absolute Gasteiger partial charge is 0.342 e. The van der Waals surface area contributed by atoms with Crippen molar-refractivity contribution in [1.82, 2.24) is 4.98 Å². The molecule has 166 valence electrons. The summed E-state index contributed by atoms with van der Waals surface area (Å²) in [5.74, 6) is -1.29. The van der Waals surface area contributed by atoms with Crippen molar-refractivity contribution in [1.29, 1.82) is 0 Å². The Balaban J connectivity index is 2.17. The molecule has 3 aromatic rings. The highest BCUT2D eigenvalue weighted by atomic mass is 16.5. The SMILES string of the molecule is COC(=O)c1c(CCc2ccc(OC)cc2)nc(-c2ccccc2C)c(O)c1C(=O)OC. The Morgan fingerprint density at radius 3 is 2.09 bits per heavy atom. The van der Waals surface area contributed by atoms with Crippen molar-refractivity contribution in [2.75, 3.05) is 21.3 Å². The third-order valence-electron chi connectivity index (χ3n) is 5.24. The van der Waals surface area contributed by atoms with Gasteiger partial charge in [-0.05, 0) is 43.0 Å². The third kappa shape index (κ3) is 4.56. The van der Waals surface area contributed by atoms with Gasteiger partial charge in [-0.3, -0.25) is 0 Å². The average Bonchev–Trinajstić information content (AvgIpc) is 2.82. The van der Waals surface area contributed by atoms with Crippen LogP contribution >= 0.6 is 0 Å². The molecule has 0 bridgehead atoms. The van der Waals surface area contributed by atoms with Gasteiger partial charge in [0, 0.05) is 5.56 Å². The predicted molar refractivity (Wildman–Crippen MR) is 119 cm³/mol. The van der Waals surface area contributed by atoms with Crippen LogP contribution in [0.3, 0.4) is 0 Å². The van der Waals surface area contributed by atoms with Crippen LogP contribution in [0.15, 0.2) is 48.5 Å². The van der Waals surface area contributed by atoms with Gasteiger partial charge in [0.05, 0.1) is 32.6 Å². The zero-order valence-electron chi connectivity index (χ0n) is 18.5. The Morgan fingerprint density at radius 2 is 1.50 bits per heavy atom. The number of nitrogens with zero attached hydrogens (tertiary/aromatic N) is 1. The summed E-state index contributed by atoms with van der Waals surface area (Å²) in [6.45, 7) is 1.87. The molecule has 0 atom stereocenters. The molecule has 7 heteroatoms. The van der Waals surface area contributed by atoms with E-state index < -0.39 is 17.7 Å². The first kappa shape index (κ1) is 22.8. The monoisotopic (exact) mass is 435 g/mol. The quantitative estimate of drug-likeness (QED) is 0.558. The van der Waals surface area contributed by atoms with E-state index in [4.69, 9.17) is 14.2 Å². The molecule has 0 amide bonds. The number of esters is 2. The Labute approximate surface area is 186 Å². The number of hydrogen-bond acceptors (Lipinski definition) is 7. The van der Waals surface area contributed by atoms with Gasteiger partial charge in [0.25, 0.3) is 0 Å². The van der Waals surface area contributed by atoms with Crippen LogP contribution in [0.5, 0.6) is 11.5 Å². The Kier molecular flexibility index (Phi) is 7.10. The molecule has 0 spiro atoms. The first-order valence-corrected chi connectivity index (χ1v) is 10.0. The molecule has 2 aromatic carbocycles. The van der Waals surface area contributed by atoms with Crippen molar-refractivity contribution < 1.29 is 28.9 Å². The summed E-state index contributed by atoms with van der Waals surface area (Å²) in [7, 11) is 4.00. The van der Waals surface area contributed by atoms with Gasteiger partial charge in [-0.2, -0.15) is 0 Å². The Bertz CT molecular complexity index is 1140. The number of aromatic hydroxyl groups is 1. The number of carbonyl (C=O) groups is 2. The van der Waals surface area contributed by atoms with Crippen molar-refractivity contribution in [3.05, 3.63) is 76.5 Å². The molecular weight excluding hydrogens is 410 g/mol. The summed E-state index contributed by atoms with van der Waals surface area (Å²) < 4.78 is 15.0. The minimum absolute atomic E-state index is 0.0947. The molecule has 0 saturated carbocycles. The second-order valence-electron chi connectivity index (χ2n) is 7.15. The highest BCUT2D eigenvalue weighted by molar-refractivity contribution is 6.07. The lowest BCUT2D eigenvalue weighted by atomic mass is 9.95. The second kappa shape index (κ2) is 9.96. The van der Waals surface area contributed by atoms with E-state index in [-0.39, 0.29) is 16.8 Å². The summed E-state index contributed by atoms with van der Waals surface area (Å²) in [5.41, 5.74) is 2.70. The van der Waals surface area contributed by atoms with Crippen molar-refractivity contribution in [3.8, 4) is 22.8 Å². The lowest BCUT2D eigenvalue weighted by Crippen LogP contribution is -2.18. The zero-order chi connectivity index (χ0) is 23.3. The fraction of sp³-hybridized carbons (Fsp3) is 0.240. The van der Waals surface area contributed by atoms with E-state index in [1.807, 2.05) is 49.4 Å². The predicted octanol–water partition coefficient (Wildman–Crippen LogP) is 4.13. The molecule has 7 nitrogen and oxygen atoms in total. The van der Waals surface area contributed by atoms with Gasteiger partial charge >= 0.3 is 11.9 Å². The molecule has 0 radical (unpaired) electrons. The normalized spacial score (nSPS) is 10.5. The van der Waals surface area contributed by atoms with Crippen molar-refractivity contribution in [2.45, 2.75) is 19.8 Å². The van der Waals surface area contributed by atoms with Crippen LogP contribution in [-0.4, -0.2) is 43.4 Å². The molecule has 0 fully saturated rings. The topological polar surface area (TPSA) is 95.0 Å². The molecule has 0 unspecified atom stereocenters. The van der Waals surface area contributed by atoms with Crippen LogP contribution in [0.1, 0.15) is 37.5 Å². The van der Waals surface area contributed by atoms with Crippen LogP contribution in [-0.2, 0) is 22.3 Å². The van der Waals surface area contributed by atoms with Gasteiger partial charge in [-0.25, -0.2) is 14.6 Å². The highest BCUT2D eigenvalue weighted by Crippen LogP contribution is 2.36. The standard InChI is InChI=1S/C25H25NO6/c1-15-7-5-6-8-18(15)22-23(27)21(25(29)32-4)20(24(28)31-3)19(26-22)14-11-16-9-12-17(30-2)13-10-16/h5-10,12-13,27H,11,14H2,1-4H3. The Hall–Kier alpha value is -3.87. The van der Waals surface area contributed by atoms with E-state index in [9.17, 15) is 14.7 Å². The maximum absolute atomic E-state index is 12.6. The summed E-state index contributed by atoms with van der Waals surface area (Å²) in [6, 6.07) is 14.9. The Morgan fingerprint density at radius 1 is 0.875 bits per heavy atom. The second-order valence-corrected chi connectivity index (χ2v) is 7.15. The fourth-order valence-corrected chi connectivity index (χ4v) is 3.51. The fourth-order valence-electron chi connectivity index (χ4n) is 3.51. The van der Waals surface area contributed by atoms with Crippen LogP contribution in [0.25, 0.3) is 11.3 Å². The largest absolute Gasteiger partial charge is 0.505 e. The number of hydrogen-bond donors (Lipinski definition) is 1. The number of rotatable bonds is 7. The average molecular weight is 435 g/mol. The molecule has 0 aliphatic rings. The van der Waals surface area contributed by atoms with Gasteiger partial charge in [0.1, 0.15) is 17.0 Å². The maximum Gasteiger partial charge on any atom is 0.342 e. The number of pyridine rings is 1. The highest BCUT2D eigenvalue weighted by Gasteiger charge is 2.30. The van der Waals surface area contributed by atoms with Crippen molar-refractivity contribution >= 4 is 11.9 Å². The number of carbonyl (C=O) groups excluding carboxylic acids is 2. The van der Waals surface area contributed by atoms with Gasteiger partial charge < -0.3 is 19.3 Å². The van der Waals surface area contributed by atoms with E-state index in [0.717, 1.165) is 16.9 Å². The van der Waals surface area contributed by atoms with Crippen LogP contribution in [0.2, 0.25) is 0 Å². The van der Waals surface area contributed by atoms with Crippen LogP contribution < -0.4 is 4.74 Å². The molecule has 3 rings (SSSR count). The number of methoxy groups -OCH3 is 3.